The van der Waals surface area contributed by atoms with Gasteiger partial charge in [0.15, 0.2) is 36.2 Å². The molecule has 23 N–H and O–H groups in total. The second-order valence-electron chi connectivity index (χ2n) is 32.7. The van der Waals surface area contributed by atoms with E-state index in [1.807, 2.05) is 68.4 Å². The Morgan fingerprint density at radius 3 is 1.87 bits per heavy atom. The molecule has 7 amide bonds. The number of aromatic hydroxyl groups is 3. The van der Waals surface area contributed by atoms with Crippen LogP contribution < -0.4 is 73.5 Å². The van der Waals surface area contributed by atoms with Gasteiger partial charge in [0, 0.05) is 64.6 Å². The topological polar surface area (TPSA) is 573 Å². The van der Waals surface area contributed by atoms with Gasteiger partial charge in [-0.2, -0.15) is 0 Å². The zero-order valence-corrected chi connectivity index (χ0v) is 70.0. The Morgan fingerprint density at radius 1 is 0.640 bits per heavy atom. The van der Waals surface area contributed by atoms with Gasteiger partial charge in [-0.1, -0.05) is 85.6 Å². The lowest BCUT2D eigenvalue weighted by Crippen LogP contribution is -2.65. The van der Waals surface area contributed by atoms with Crippen molar-refractivity contribution in [2.45, 2.75) is 207 Å². The van der Waals surface area contributed by atoms with Crippen LogP contribution in [0.5, 0.6) is 46.0 Å². The zero-order valence-electron chi connectivity index (χ0n) is 68.5. The molecule has 11 bridgehead atoms. The van der Waals surface area contributed by atoms with Crippen LogP contribution in [0.3, 0.4) is 0 Å². The van der Waals surface area contributed by atoms with E-state index >= 15 is 24.0 Å². The second kappa shape index (κ2) is 38.0. The van der Waals surface area contributed by atoms with Crippen LogP contribution in [-0.4, -0.2) is 215 Å². The molecular formula is C86H99Cl2N11O26. The van der Waals surface area contributed by atoms with E-state index in [-0.39, 0.29) is 59.2 Å². The van der Waals surface area contributed by atoms with Crippen molar-refractivity contribution in [2.75, 3.05) is 19.0 Å². The highest BCUT2D eigenvalue weighted by atomic mass is 35.5. The number of amides is 7. The third-order valence-electron chi connectivity index (χ3n) is 22.8. The van der Waals surface area contributed by atoms with Crippen molar-refractivity contribution in [3.8, 4) is 57.1 Å². The number of aliphatic carboxylic acids is 1. The van der Waals surface area contributed by atoms with E-state index in [2.05, 4.69) is 47.9 Å². The summed E-state index contributed by atoms with van der Waals surface area (Å²) in [6, 6.07) is 16.7. The highest BCUT2D eigenvalue weighted by Crippen LogP contribution is 2.51. The van der Waals surface area contributed by atoms with Crippen LogP contribution in [0.15, 0.2) is 133 Å². The number of carbonyl (C=O) groups is 8. The molecule has 0 radical (unpaired) electrons. The van der Waals surface area contributed by atoms with E-state index in [4.69, 9.17) is 72.6 Å². The summed E-state index contributed by atoms with van der Waals surface area (Å²) in [5.41, 5.74) is 9.47. The summed E-state index contributed by atoms with van der Waals surface area (Å²) in [5.74, 6) is -16.1. The van der Waals surface area contributed by atoms with Crippen LogP contribution in [-0.2, 0) is 68.6 Å². The number of halogens is 2. The minimum Gasteiger partial charge on any atom is -0.508 e. The largest absolute Gasteiger partial charge is 0.508 e. The van der Waals surface area contributed by atoms with Gasteiger partial charge >= 0.3 is 5.97 Å². The summed E-state index contributed by atoms with van der Waals surface area (Å²) >= 11 is 14.7. The van der Waals surface area contributed by atoms with Crippen LogP contribution in [0.25, 0.3) is 11.1 Å². The van der Waals surface area contributed by atoms with Crippen molar-refractivity contribution < 1.29 is 127 Å². The van der Waals surface area contributed by atoms with Gasteiger partial charge in [-0.3, -0.25) is 33.6 Å². The zero-order chi connectivity index (χ0) is 90.1. The molecule has 37 nitrogen and oxygen atoms in total. The predicted molar refractivity (Wildman–Crippen MR) is 445 cm³/mol. The summed E-state index contributed by atoms with van der Waals surface area (Å²) < 4.78 is 52.9. The number of phenolic OH excluding ortho intramolecular Hbond substituents is 3. The first-order valence-electron chi connectivity index (χ1n) is 40.2. The maximum Gasteiger partial charge on any atom is 0.330 e. The van der Waals surface area contributed by atoms with Gasteiger partial charge in [0.05, 0.1) is 53.5 Å². The van der Waals surface area contributed by atoms with E-state index in [0.29, 0.717) is 0 Å². The van der Waals surface area contributed by atoms with Gasteiger partial charge in [-0.05, 0) is 154 Å². The molecule has 8 aliphatic heterocycles. The fourth-order valence-corrected chi connectivity index (χ4v) is 16.6. The number of anilines is 2. The Morgan fingerprint density at radius 2 is 1.25 bits per heavy atom. The molecule has 7 aromatic rings. The van der Waals surface area contributed by atoms with Crippen molar-refractivity contribution in [1.29, 1.82) is 0 Å². The number of para-hydroxylation sites is 1. The lowest BCUT2D eigenvalue weighted by Gasteiger charge is -2.48. The molecule has 8 aliphatic rings. The van der Waals surface area contributed by atoms with Gasteiger partial charge in [-0.15, -0.1) is 0 Å². The number of nitrogens with two attached hydrogens (primary N) is 2. The van der Waals surface area contributed by atoms with Gasteiger partial charge in [0.2, 0.25) is 53.4 Å². The van der Waals surface area contributed by atoms with Crippen molar-refractivity contribution in [2.24, 2.45) is 17.4 Å². The summed E-state index contributed by atoms with van der Waals surface area (Å²) in [6.45, 7) is 9.08. The SMILES string of the molecule is CN[C@H](CC(C)C)C(=O)N[C@H]1C(=O)N[C@@H](CC(N)=O)C(=O)N[C@H]2C(=O)N[C@H]3C(=O)N[C@H](C(=O)N[C@H](C(=O)O)c4cc(O)cc(O)c4-c4cc3ccc4O)[C@H](O[C@H]3C[C@](C)(N)[C@@H](O)[C@H](C)O3)c3ccc(c(Cl)c3)Oc3cc2cc(c3O[C@@H]2O[C@H](CO)[C@@H](O)[C@H](O)[C@H]2O[C@H]2C[C@](C)(NCc3ccc(Nc4ccccc4)cc3)[C@@H](O)[C@H](C)O2)Oc2ccc(cc2Cl)[C@H]1O. The third kappa shape index (κ3) is 20.3. The van der Waals surface area contributed by atoms with E-state index in [9.17, 15) is 65.4 Å². The van der Waals surface area contributed by atoms with Crippen molar-refractivity contribution in [3.63, 3.8) is 0 Å². The van der Waals surface area contributed by atoms with Gasteiger partial charge in [-0.25, -0.2) is 4.79 Å². The quantitative estimate of drug-likeness (QED) is 0.0514. The number of fused-ring (bicyclic) bond motifs is 15. The molecule has 0 aromatic heterocycles. The number of ether oxygens (including phenoxy) is 8. The molecule has 668 valence electrons. The highest BCUT2D eigenvalue weighted by molar-refractivity contribution is 6.32. The number of likely N-dealkylation sites (N-methyl/N-ethyl adjacent to an activating group) is 1. The third-order valence-corrected chi connectivity index (χ3v) is 23.4. The second-order valence-corrected chi connectivity index (χ2v) is 33.5. The van der Waals surface area contributed by atoms with Gasteiger partial charge in [0.25, 0.3) is 0 Å². The van der Waals surface area contributed by atoms with Crippen molar-refractivity contribution in [3.05, 3.63) is 177 Å². The summed E-state index contributed by atoms with van der Waals surface area (Å²) in [7, 11) is 1.48. The number of benzene rings is 7. The number of nitrogens with one attached hydrogen (secondary N) is 9. The summed E-state index contributed by atoms with van der Waals surface area (Å²) in [5, 5.41) is 141. The first-order valence-corrected chi connectivity index (χ1v) is 41.0. The van der Waals surface area contributed by atoms with Gasteiger partial charge < -0.3 is 148 Å². The molecule has 0 unspecified atom stereocenters. The fraction of sp³-hybridized carbons (Fsp3) is 0.419. The molecule has 7 aromatic carbocycles. The van der Waals surface area contributed by atoms with Crippen molar-refractivity contribution >= 4 is 81.9 Å². The Kier molecular flexibility index (Phi) is 27.9. The predicted octanol–water partition coefficient (Wildman–Crippen LogP) is 3.92. The first kappa shape index (κ1) is 91.6. The molecular weight excluding hydrogens is 1670 g/mol. The lowest BCUT2D eigenvalue weighted by molar-refractivity contribution is -0.334. The van der Waals surface area contributed by atoms with Gasteiger partial charge in [0.1, 0.15) is 89.5 Å². The number of aliphatic hydroxyl groups is 6. The average Bonchev–Trinajstić information content (AvgIpc) is 0.756. The van der Waals surface area contributed by atoms with Crippen LogP contribution in [0.1, 0.15) is 131 Å². The average molecular weight is 1770 g/mol. The number of carbonyl (C=O) groups excluding carboxylic acids is 7. The molecule has 3 saturated heterocycles. The Hall–Kier alpha value is -11.1. The molecule has 39 heteroatoms. The Balaban J connectivity index is 1.01. The maximum absolute atomic E-state index is 16.6. The highest BCUT2D eigenvalue weighted by Gasteiger charge is 2.53. The Bertz CT molecular complexity index is 5220. The normalized spacial score (nSPS) is 29.7. The number of hydrogen-bond donors (Lipinski definition) is 21. The van der Waals surface area contributed by atoms with E-state index in [1.165, 1.54) is 51.2 Å². The standard InChI is InChI=1S/C86H99Cl2N11O26/c1-36(2)23-51(91-7)77(110)98-67-69(105)41-16-21-55(49(87)25-41)120-57-27-43-28-58(73(57)125-84-74(71(107)70(106)59(35-100)122-84)124-62-33-86(6,76(109)38(4)119-62)92-34-39-13-18-45(19-14-39)93-44-11-9-8-10-12-44)121-56-22-17-42(26-50(56)88)72(123-61-32-85(5,90)75(108)37(3)118-61)68-82(115)97-66(83(116)117)48-29-46(101)30-54(103)63(48)47-24-40(15-20-53(47)102)64(79(112)99-68)96-80(113)65(43)95-78(111)52(31-60(89)104)94-81(67)114/h8-22,24-30,36-38,51-52,59,61-62,64-72,74-76,84,91-93,100-103,105-109H,23,31-35,90H2,1-7H3,(H2,89,104)(H,94,114)(H,95,111)(H,96,113)(H,97,115)(H,98,110)(H,99,112)(H,116,117)/t37-,38-,51+,52-,59+,61-,62-,64+,65+,66-,67+,68-,69+,70+,71-,72+,74+,75-,76-,84-,85-,86-/m0/s1. The number of phenols is 3. The fourth-order valence-electron chi connectivity index (χ4n) is 16.1. The molecule has 8 heterocycles. The number of rotatable bonds is 20. The minimum absolute atomic E-state index is 0.118. The molecule has 0 spiro atoms. The van der Waals surface area contributed by atoms with E-state index in [0.717, 1.165) is 65.5 Å². The number of aliphatic hydroxyl groups excluding tert-OH is 6. The molecule has 125 heavy (non-hydrogen) atoms. The molecule has 3 fully saturated rings. The van der Waals surface area contributed by atoms with Crippen LogP contribution in [0.4, 0.5) is 11.4 Å². The Labute approximate surface area is 725 Å². The lowest BCUT2D eigenvalue weighted by atomic mass is 9.84. The minimum atomic E-state index is -2.40. The van der Waals surface area contributed by atoms with Crippen LogP contribution >= 0.6 is 23.2 Å². The van der Waals surface area contributed by atoms with E-state index in [1.54, 1.807) is 13.8 Å². The number of hydrogen-bond acceptors (Lipinski definition) is 29. The van der Waals surface area contributed by atoms with Crippen LogP contribution in [0.2, 0.25) is 10.0 Å². The summed E-state index contributed by atoms with van der Waals surface area (Å²) in [6.07, 6.45) is -22.9. The molecule has 22 atom stereocenters. The number of carboxylic acid groups (broad SMARTS) is 1. The molecule has 0 aliphatic carbocycles. The van der Waals surface area contributed by atoms with Crippen LogP contribution in [0, 0.1) is 5.92 Å². The monoisotopic (exact) mass is 1770 g/mol. The number of primary amides is 1. The molecule has 0 saturated carbocycles. The smallest absolute Gasteiger partial charge is 0.330 e. The number of carboxylic acids is 1. The first-order chi connectivity index (χ1) is 59.3. The molecule has 15 rings (SSSR count). The van der Waals surface area contributed by atoms with E-state index < -0.39 is 261 Å². The maximum atomic E-state index is 16.6. The van der Waals surface area contributed by atoms with Crippen molar-refractivity contribution in [1.82, 2.24) is 42.5 Å². The summed E-state index contributed by atoms with van der Waals surface area (Å²) in [4.78, 5) is 121.